The van der Waals surface area contributed by atoms with Crippen LogP contribution in [0, 0.1) is 17.6 Å². The zero-order valence-electron chi connectivity index (χ0n) is 16.8. The van der Waals surface area contributed by atoms with Crippen molar-refractivity contribution >= 4 is 11.7 Å². The van der Waals surface area contributed by atoms with Gasteiger partial charge in [-0.15, -0.1) is 0 Å². The molecule has 5 nitrogen and oxygen atoms in total. The predicted molar refractivity (Wildman–Crippen MR) is 106 cm³/mol. The maximum atomic E-state index is 13.5. The molecule has 0 radical (unpaired) electrons. The van der Waals surface area contributed by atoms with Gasteiger partial charge in [0.1, 0.15) is 0 Å². The molecule has 2 heterocycles. The van der Waals surface area contributed by atoms with Crippen LogP contribution >= 0.6 is 0 Å². The number of anilines is 1. The minimum absolute atomic E-state index is 0.220. The summed E-state index contributed by atoms with van der Waals surface area (Å²) in [6, 6.07) is 5.01. The number of nitrogens with zero attached hydrogens (tertiary/aromatic N) is 3. The third-order valence-corrected chi connectivity index (χ3v) is 6.37. The monoisotopic (exact) mass is 395 g/mol. The summed E-state index contributed by atoms with van der Waals surface area (Å²) < 4.78 is 26.7. The van der Waals surface area contributed by atoms with E-state index in [1.165, 1.54) is 12.1 Å². The smallest absolute Gasteiger partial charge is 0.303 e. The quantitative estimate of drug-likeness (QED) is 0.802. The third kappa shape index (κ3) is 5.00. The van der Waals surface area contributed by atoms with Gasteiger partial charge in [-0.05, 0) is 64.4 Å². The fourth-order valence-corrected chi connectivity index (χ4v) is 4.82. The highest BCUT2D eigenvalue weighted by molar-refractivity contribution is 5.66. The first-order valence-electron chi connectivity index (χ1n) is 10.2. The van der Waals surface area contributed by atoms with Crippen molar-refractivity contribution in [2.45, 2.75) is 44.2 Å². The second kappa shape index (κ2) is 9.18. The van der Waals surface area contributed by atoms with Crippen LogP contribution in [-0.2, 0) is 4.79 Å². The van der Waals surface area contributed by atoms with E-state index in [-0.39, 0.29) is 6.42 Å². The van der Waals surface area contributed by atoms with E-state index in [1.54, 1.807) is 6.07 Å². The lowest BCUT2D eigenvalue weighted by atomic mass is 9.86. The predicted octanol–water partition coefficient (Wildman–Crippen LogP) is 3.05. The van der Waals surface area contributed by atoms with Crippen molar-refractivity contribution in [3.63, 3.8) is 0 Å². The highest BCUT2D eigenvalue weighted by Gasteiger charge is 2.34. The Morgan fingerprint density at radius 3 is 2.46 bits per heavy atom. The maximum Gasteiger partial charge on any atom is 0.303 e. The third-order valence-electron chi connectivity index (χ3n) is 6.37. The van der Waals surface area contributed by atoms with Crippen LogP contribution in [0.2, 0.25) is 0 Å². The standard InChI is InChI=1S/C21H31F2N3O2/c1-24(2)20-9-12-26(14-15(20)3-6-21(27)28)16-7-10-25(11-8-16)17-4-5-18(22)19(23)13-17/h4-5,13,15-16,20H,3,6-12,14H2,1-2H3,(H,27,28)/t15-,20+/m0/s1. The Bertz CT molecular complexity index is 678. The Kier molecular flexibility index (Phi) is 6.88. The fraction of sp³-hybridized carbons (Fsp3) is 0.667. The molecule has 28 heavy (non-hydrogen) atoms. The van der Waals surface area contributed by atoms with Crippen molar-refractivity contribution in [3.05, 3.63) is 29.8 Å². The molecule has 0 aliphatic carbocycles. The molecule has 1 aromatic rings. The van der Waals surface area contributed by atoms with Gasteiger partial charge in [0, 0.05) is 49.9 Å². The molecule has 3 rings (SSSR count). The minimum Gasteiger partial charge on any atom is -0.481 e. The summed E-state index contributed by atoms with van der Waals surface area (Å²) in [5, 5.41) is 9.07. The normalized spacial score (nSPS) is 24.7. The molecule has 0 bridgehead atoms. The summed E-state index contributed by atoms with van der Waals surface area (Å²) in [7, 11) is 4.16. The summed E-state index contributed by atoms with van der Waals surface area (Å²) in [5.41, 5.74) is 0.739. The molecule has 156 valence electrons. The van der Waals surface area contributed by atoms with Gasteiger partial charge in [0.05, 0.1) is 0 Å². The van der Waals surface area contributed by atoms with Gasteiger partial charge in [-0.3, -0.25) is 9.69 Å². The first-order valence-corrected chi connectivity index (χ1v) is 10.2. The second-order valence-corrected chi connectivity index (χ2v) is 8.32. The highest BCUT2D eigenvalue weighted by Crippen LogP contribution is 2.30. The van der Waals surface area contributed by atoms with Gasteiger partial charge in [0.2, 0.25) is 0 Å². The molecule has 0 saturated carbocycles. The molecule has 2 atom stereocenters. The van der Waals surface area contributed by atoms with E-state index in [0.29, 0.717) is 24.4 Å². The molecule has 0 aromatic heterocycles. The lowest BCUT2D eigenvalue weighted by Crippen LogP contribution is -2.54. The molecule has 1 N–H and O–H groups in total. The van der Waals surface area contributed by atoms with Crippen LogP contribution in [0.1, 0.15) is 32.1 Å². The molecule has 2 aliphatic heterocycles. The Hall–Kier alpha value is -1.73. The molecular weight excluding hydrogens is 364 g/mol. The average molecular weight is 395 g/mol. The average Bonchev–Trinajstić information content (AvgIpc) is 2.68. The fourth-order valence-electron chi connectivity index (χ4n) is 4.82. The van der Waals surface area contributed by atoms with E-state index >= 15 is 0 Å². The van der Waals surface area contributed by atoms with Crippen LogP contribution in [0.25, 0.3) is 0 Å². The molecule has 7 heteroatoms. The van der Waals surface area contributed by atoms with Crippen LogP contribution in [0.5, 0.6) is 0 Å². The second-order valence-electron chi connectivity index (χ2n) is 8.32. The number of halogens is 2. The summed E-state index contributed by atoms with van der Waals surface area (Å²) in [4.78, 5) is 17.9. The Morgan fingerprint density at radius 1 is 1.14 bits per heavy atom. The minimum atomic E-state index is -0.810. The van der Waals surface area contributed by atoms with E-state index in [1.807, 2.05) is 0 Å². The van der Waals surface area contributed by atoms with Crippen molar-refractivity contribution in [2.24, 2.45) is 5.92 Å². The van der Waals surface area contributed by atoms with Crippen molar-refractivity contribution in [1.29, 1.82) is 0 Å². The van der Waals surface area contributed by atoms with E-state index in [2.05, 4.69) is 28.8 Å². The molecule has 2 saturated heterocycles. The van der Waals surface area contributed by atoms with E-state index < -0.39 is 17.6 Å². The lowest BCUT2D eigenvalue weighted by molar-refractivity contribution is -0.137. The number of hydrogen-bond acceptors (Lipinski definition) is 4. The summed E-state index contributed by atoms with van der Waals surface area (Å²) >= 11 is 0. The first kappa shape index (κ1) is 21.0. The highest BCUT2D eigenvalue weighted by atomic mass is 19.2. The van der Waals surface area contributed by atoms with Crippen LogP contribution in [0.15, 0.2) is 18.2 Å². The van der Waals surface area contributed by atoms with Gasteiger partial charge in [-0.25, -0.2) is 8.78 Å². The largest absolute Gasteiger partial charge is 0.481 e. The molecular formula is C21H31F2N3O2. The summed E-state index contributed by atoms with van der Waals surface area (Å²) in [6.45, 7) is 3.61. The summed E-state index contributed by atoms with van der Waals surface area (Å²) in [5.74, 6) is -1.97. The Balaban J connectivity index is 1.57. The number of carboxylic acids is 1. The van der Waals surface area contributed by atoms with Gasteiger partial charge in [-0.1, -0.05) is 0 Å². The van der Waals surface area contributed by atoms with Gasteiger partial charge in [0.25, 0.3) is 0 Å². The Morgan fingerprint density at radius 2 is 1.86 bits per heavy atom. The number of hydrogen-bond donors (Lipinski definition) is 1. The topological polar surface area (TPSA) is 47.0 Å². The molecule has 2 aliphatic rings. The zero-order valence-corrected chi connectivity index (χ0v) is 16.8. The van der Waals surface area contributed by atoms with Crippen molar-refractivity contribution < 1.29 is 18.7 Å². The number of carbonyl (C=O) groups is 1. The van der Waals surface area contributed by atoms with Crippen LogP contribution in [0.3, 0.4) is 0 Å². The Labute approximate surface area is 165 Å². The van der Waals surface area contributed by atoms with Crippen molar-refractivity contribution in [2.75, 3.05) is 45.2 Å². The van der Waals surface area contributed by atoms with Gasteiger partial charge in [-0.2, -0.15) is 0 Å². The van der Waals surface area contributed by atoms with E-state index in [4.69, 9.17) is 5.11 Å². The van der Waals surface area contributed by atoms with E-state index in [9.17, 15) is 13.6 Å². The van der Waals surface area contributed by atoms with Gasteiger partial charge < -0.3 is 14.9 Å². The molecule has 2 fully saturated rings. The number of piperidine rings is 2. The maximum absolute atomic E-state index is 13.5. The van der Waals surface area contributed by atoms with E-state index in [0.717, 1.165) is 51.1 Å². The van der Waals surface area contributed by atoms with Crippen LogP contribution < -0.4 is 4.90 Å². The van der Waals surface area contributed by atoms with Crippen molar-refractivity contribution in [1.82, 2.24) is 9.80 Å². The first-order chi connectivity index (χ1) is 13.3. The zero-order chi connectivity index (χ0) is 20.3. The van der Waals surface area contributed by atoms with Gasteiger partial charge in [0.15, 0.2) is 11.6 Å². The summed E-state index contributed by atoms with van der Waals surface area (Å²) in [6.07, 6.45) is 3.95. The number of carboxylic acid groups (broad SMARTS) is 1. The van der Waals surface area contributed by atoms with Gasteiger partial charge >= 0.3 is 5.97 Å². The lowest BCUT2D eigenvalue weighted by Gasteiger charge is -2.47. The van der Waals surface area contributed by atoms with Crippen LogP contribution in [-0.4, -0.2) is 73.2 Å². The SMILES string of the molecule is CN(C)[C@@H]1CCN(C2CCN(c3ccc(F)c(F)c3)CC2)C[C@@H]1CCC(=O)O. The number of likely N-dealkylation sites (tertiary alicyclic amines) is 1. The number of rotatable bonds is 6. The molecule has 0 unspecified atom stereocenters. The van der Waals surface area contributed by atoms with Crippen molar-refractivity contribution in [3.8, 4) is 0 Å². The molecule has 1 aromatic carbocycles. The molecule has 0 amide bonds. The number of benzene rings is 1. The molecule has 0 spiro atoms. The number of aliphatic carboxylic acids is 1. The van der Waals surface area contributed by atoms with Crippen LogP contribution in [0.4, 0.5) is 14.5 Å².